The topological polar surface area (TPSA) is 57.8 Å². The van der Waals surface area contributed by atoms with Crippen molar-refractivity contribution < 1.29 is 4.79 Å². The van der Waals surface area contributed by atoms with Gasteiger partial charge >= 0.3 is 0 Å². The Kier molecular flexibility index (Phi) is 4.34. The quantitative estimate of drug-likeness (QED) is 0.861. The van der Waals surface area contributed by atoms with Gasteiger partial charge in [0.25, 0.3) is 0 Å². The molecule has 0 bridgehead atoms. The van der Waals surface area contributed by atoms with Crippen molar-refractivity contribution in [3.8, 4) is 11.4 Å². The molecular formula is C15H19N3O. The fourth-order valence-corrected chi connectivity index (χ4v) is 2.00. The maximum atomic E-state index is 12.0. The van der Waals surface area contributed by atoms with Gasteiger partial charge in [0.2, 0.25) is 5.91 Å². The molecule has 1 atom stereocenters. The molecule has 0 aliphatic heterocycles. The minimum absolute atomic E-state index is 0.0391. The number of anilines is 1. The van der Waals surface area contributed by atoms with Crippen LogP contribution in [0.4, 0.5) is 5.69 Å². The maximum absolute atomic E-state index is 12.0. The number of amides is 1. The second-order valence-electron chi connectivity index (χ2n) is 4.70. The number of H-pyrrole nitrogens is 1. The van der Waals surface area contributed by atoms with Crippen LogP contribution in [0.15, 0.2) is 36.7 Å². The van der Waals surface area contributed by atoms with Gasteiger partial charge in [0, 0.05) is 29.6 Å². The van der Waals surface area contributed by atoms with Gasteiger partial charge in [-0.25, -0.2) is 4.98 Å². The van der Waals surface area contributed by atoms with E-state index in [0.717, 1.165) is 29.9 Å². The van der Waals surface area contributed by atoms with Crippen LogP contribution in [-0.2, 0) is 4.79 Å². The van der Waals surface area contributed by atoms with Crippen molar-refractivity contribution >= 4 is 11.6 Å². The number of nitrogens with one attached hydrogen (secondary N) is 2. The maximum Gasteiger partial charge on any atom is 0.227 e. The van der Waals surface area contributed by atoms with Gasteiger partial charge in [-0.05, 0) is 18.6 Å². The van der Waals surface area contributed by atoms with Crippen molar-refractivity contribution in [2.45, 2.75) is 26.7 Å². The van der Waals surface area contributed by atoms with Gasteiger partial charge < -0.3 is 10.3 Å². The van der Waals surface area contributed by atoms with Gasteiger partial charge in [-0.15, -0.1) is 0 Å². The largest absolute Gasteiger partial charge is 0.345 e. The second-order valence-corrected chi connectivity index (χ2v) is 4.70. The first kappa shape index (κ1) is 13.3. The van der Waals surface area contributed by atoms with E-state index in [0.29, 0.717) is 0 Å². The van der Waals surface area contributed by atoms with E-state index in [2.05, 4.69) is 22.2 Å². The summed E-state index contributed by atoms with van der Waals surface area (Å²) in [4.78, 5) is 19.2. The third-order valence-corrected chi connectivity index (χ3v) is 3.07. The number of nitrogens with zero attached hydrogens (tertiary/aromatic N) is 1. The molecule has 0 saturated heterocycles. The number of imidazole rings is 1. The Morgan fingerprint density at radius 2 is 2.32 bits per heavy atom. The lowest BCUT2D eigenvalue weighted by Gasteiger charge is -2.11. The normalized spacial score (nSPS) is 12.1. The Hall–Kier alpha value is -2.10. The number of hydrogen-bond donors (Lipinski definition) is 2. The van der Waals surface area contributed by atoms with Gasteiger partial charge in [0.15, 0.2) is 0 Å². The smallest absolute Gasteiger partial charge is 0.227 e. The van der Waals surface area contributed by atoms with E-state index in [1.807, 2.05) is 31.2 Å². The summed E-state index contributed by atoms with van der Waals surface area (Å²) in [5, 5.41) is 2.95. The van der Waals surface area contributed by atoms with Crippen LogP contribution in [0, 0.1) is 5.92 Å². The van der Waals surface area contributed by atoms with Crippen LogP contribution in [0.2, 0.25) is 0 Å². The van der Waals surface area contributed by atoms with Crippen LogP contribution >= 0.6 is 0 Å². The monoisotopic (exact) mass is 257 g/mol. The number of rotatable bonds is 5. The molecule has 1 amide bonds. The van der Waals surface area contributed by atoms with Crippen LogP contribution in [0.5, 0.6) is 0 Å². The lowest BCUT2D eigenvalue weighted by Crippen LogP contribution is -2.20. The molecule has 4 nitrogen and oxygen atoms in total. The molecule has 19 heavy (non-hydrogen) atoms. The molecule has 0 aliphatic carbocycles. The Balaban J connectivity index is 2.09. The molecule has 0 saturated carbocycles. The zero-order valence-electron chi connectivity index (χ0n) is 11.3. The summed E-state index contributed by atoms with van der Waals surface area (Å²) < 4.78 is 0. The molecule has 0 radical (unpaired) electrons. The van der Waals surface area contributed by atoms with E-state index in [1.54, 1.807) is 12.4 Å². The Morgan fingerprint density at radius 1 is 1.47 bits per heavy atom. The van der Waals surface area contributed by atoms with Gasteiger partial charge in [0.05, 0.1) is 0 Å². The Bertz CT molecular complexity index is 534. The number of hydrogen-bond acceptors (Lipinski definition) is 2. The summed E-state index contributed by atoms with van der Waals surface area (Å²) in [6.07, 6.45) is 5.42. The van der Waals surface area contributed by atoms with Crippen molar-refractivity contribution in [1.82, 2.24) is 9.97 Å². The molecule has 1 unspecified atom stereocenters. The van der Waals surface area contributed by atoms with Crippen molar-refractivity contribution in [1.29, 1.82) is 0 Å². The molecule has 4 heteroatoms. The van der Waals surface area contributed by atoms with E-state index in [4.69, 9.17) is 0 Å². The van der Waals surface area contributed by atoms with Gasteiger partial charge in [-0.1, -0.05) is 32.4 Å². The number of carbonyl (C=O) groups is 1. The van der Waals surface area contributed by atoms with E-state index in [1.165, 1.54) is 0 Å². The van der Waals surface area contributed by atoms with Crippen molar-refractivity contribution in [3.63, 3.8) is 0 Å². The van der Waals surface area contributed by atoms with Crippen molar-refractivity contribution in [2.75, 3.05) is 5.32 Å². The molecular weight excluding hydrogens is 238 g/mol. The highest BCUT2D eigenvalue weighted by molar-refractivity contribution is 5.92. The highest BCUT2D eigenvalue weighted by atomic mass is 16.1. The molecule has 1 aromatic carbocycles. The van der Waals surface area contributed by atoms with Crippen LogP contribution in [0.1, 0.15) is 26.7 Å². The summed E-state index contributed by atoms with van der Waals surface area (Å²) in [6.45, 7) is 4.04. The van der Waals surface area contributed by atoms with Crippen molar-refractivity contribution in [3.05, 3.63) is 36.7 Å². The zero-order valence-corrected chi connectivity index (χ0v) is 11.3. The van der Waals surface area contributed by atoms with Gasteiger partial charge in [-0.3, -0.25) is 4.79 Å². The second kappa shape index (κ2) is 6.18. The standard InChI is InChI=1S/C15H19N3O/c1-3-5-11(2)15(19)18-13-7-4-6-12(10-13)14-16-8-9-17-14/h4,6-11H,3,5H2,1-2H3,(H,16,17)(H,18,19). The zero-order chi connectivity index (χ0) is 13.7. The summed E-state index contributed by atoms with van der Waals surface area (Å²) in [5.74, 6) is 0.911. The molecule has 1 heterocycles. The summed E-state index contributed by atoms with van der Waals surface area (Å²) >= 11 is 0. The predicted octanol–water partition coefficient (Wildman–Crippen LogP) is 3.45. The highest BCUT2D eigenvalue weighted by Gasteiger charge is 2.12. The summed E-state index contributed by atoms with van der Waals surface area (Å²) in [6, 6.07) is 7.69. The lowest BCUT2D eigenvalue weighted by atomic mass is 10.1. The fraction of sp³-hybridized carbons (Fsp3) is 0.333. The van der Waals surface area contributed by atoms with E-state index >= 15 is 0 Å². The number of aromatic nitrogens is 2. The van der Waals surface area contributed by atoms with Crippen molar-refractivity contribution in [2.24, 2.45) is 5.92 Å². The average Bonchev–Trinajstić information content (AvgIpc) is 2.93. The summed E-state index contributed by atoms with van der Waals surface area (Å²) in [5.41, 5.74) is 1.77. The number of benzene rings is 1. The molecule has 2 N–H and O–H groups in total. The molecule has 1 aromatic heterocycles. The Labute approximate surface area is 113 Å². The third kappa shape index (κ3) is 3.44. The highest BCUT2D eigenvalue weighted by Crippen LogP contribution is 2.20. The first-order valence-electron chi connectivity index (χ1n) is 6.61. The number of carbonyl (C=O) groups excluding carboxylic acids is 1. The van der Waals surface area contributed by atoms with Gasteiger partial charge in [0.1, 0.15) is 5.82 Å². The molecule has 0 fully saturated rings. The predicted molar refractivity (Wildman–Crippen MR) is 76.7 cm³/mol. The van der Waals surface area contributed by atoms with Crippen LogP contribution in [0.3, 0.4) is 0 Å². The number of aromatic amines is 1. The first-order chi connectivity index (χ1) is 9.20. The van der Waals surface area contributed by atoms with Crippen LogP contribution in [0.25, 0.3) is 11.4 Å². The van der Waals surface area contributed by atoms with E-state index in [-0.39, 0.29) is 11.8 Å². The lowest BCUT2D eigenvalue weighted by molar-refractivity contribution is -0.119. The van der Waals surface area contributed by atoms with Gasteiger partial charge in [-0.2, -0.15) is 0 Å². The Morgan fingerprint density at radius 3 is 3.00 bits per heavy atom. The third-order valence-electron chi connectivity index (χ3n) is 3.07. The molecule has 0 aliphatic rings. The minimum atomic E-state index is 0.0391. The van der Waals surface area contributed by atoms with Crippen LogP contribution in [-0.4, -0.2) is 15.9 Å². The molecule has 0 spiro atoms. The minimum Gasteiger partial charge on any atom is -0.345 e. The molecule has 2 aromatic rings. The average molecular weight is 257 g/mol. The fourth-order valence-electron chi connectivity index (χ4n) is 2.00. The molecule has 2 rings (SSSR count). The first-order valence-corrected chi connectivity index (χ1v) is 6.61. The van der Waals surface area contributed by atoms with Crippen LogP contribution < -0.4 is 5.32 Å². The van der Waals surface area contributed by atoms with E-state index in [9.17, 15) is 4.79 Å². The SMILES string of the molecule is CCCC(C)C(=O)Nc1cccc(-c2ncc[nH]2)c1. The molecule has 100 valence electrons. The summed E-state index contributed by atoms with van der Waals surface area (Å²) in [7, 11) is 0. The van der Waals surface area contributed by atoms with E-state index < -0.39 is 0 Å².